The summed E-state index contributed by atoms with van der Waals surface area (Å²) in [6, 6.07) is 17.1. The second kappa shape index (κ2) is 8.18. The lowest BCUT2D eigenvalue weighted by Gasteiger charge is -2.31. The first kappa shape index (κ1) is 17.5. The maximum absolute atomic E-state index is 5.97. The van der Waals surface area contributed by atoms with Crippen LogP contribution in [0.25, 0.3) is 11.1 Å². The van der Waals surface area contributed by atoms with Crippen molar-refractivity contribution in [1.29, 1.82) is 0 Å². The van der Waals surface area contributed by atoms with Gasteiger partial charge in [0.05, 0.1) is 0 Å². The Balaban J connectivity index is 1.55. The van der Waals surface area contributed by atoms with Crippen molar-refractivity contribution in [2.75, 3.05) is 19.6 Å². The highest BCUT2D eigenvalue weighted by Gasteiger charge is 2.16. The molecular formula is C22H28ClN. The molecule has 2 heteroatoms. The molecule has 1 fully saturated rings. The van der Waals surface area contributed by atoms with Crippen LogP contribution in [0.1, 0.15) is 44.6 Å². The van der Waals surface area contributed by atoms with E-state index in [0.29, 0.717) is 5.92 Å². The molecule has 0 amide bonds. The van der Waals surface area contributed by atoms with Crippen molar-refractivity contribution in [3.63, 3.8) is 0 Å². The maximum Gasteiger partial charge on any atom is 0.0406 e. The monoisotopic (exact) mass is 341 g/mol. The molecule has 1 aliphatic heterocycles. The fourth-order valence-corrected chi connectivity index (χ4v) is 3.60. The van der Waals surface area contributed by atoms with Crippen LogP contribution in [0.4, 0.5) is 0 Å². The lowest BCUT2D eigenvalue weighted by atomic mass is 9.94. The van der Waals surface area contributed by atoms with Gasteiger partial charge in [-0.3, -0.25) is 0 Å². The van der Waals surface area contributed by atoms with Gasteiger partial charge in [0, 0.05) is 5.02 Å². The molecule has 0 saturated carbocycles. The molecule has 0 aliphatic carbocycles. The van der Waals surface area contributed by atoms with E-state index in [1.54, 1.807) is 0 Å². The predicted octanol–water partition coefficient (Wildman–Crippen LogP) is 6.23. The summed E-state index contributed by atoms with van der Waals surface area (Å²) in [5.74, 6) is 1.53. The fourth-order valence-electron chi connectivity index (χ4n) is 3.48. The summed E-state index contributed by atoms with van der Waals surface area (Å²) in [7, 11) is 0. The largest absolute Gasteiger partial charge is 0.303 e. The predicted molar refractivity (Wildman–Crippen MR) is 105 cm³/mol. The third kappa shape index (κ3) is 4.62. The van der Waals surface area contributed by atoms with Crippen LogP contribution in [0, 0.1) is 5.92 Å². The van der Waals surface area contributed by atoms with Crippen LogP contribution in [0.3, 0.4) is 0 Å². The third-order valence-electron chi connectivity index (χ3n) is 5.41. The molecule has 3 rings (SSSR count). The number of hydrogen-bond donors (Lipinski definition) is 0. The zero-order chi connectivity index (χ0) is 16.9. The smallest absolute Gasteiger partial charge is 0.0406 e. The summed E-state index contributed by atoms with van der Waals surface area (Å²) < 4.78 is 0. The molecule has 0 bridgehead atoms. The normalized spacial score (nSPS) is 17.8. The molecule has 0 aromatic heterocycles. The Hall–Kier alpha value is -1.31. The first-order valence-corrected chi connectivity index (χ1v) is 9.58. The highest BCUT2D eigenvalue weighted by molar-refractivity contribution is 6.30. The average Bonchev–Trinajstić information content (AvgIpc) is 2.62. The summed E-state index contributed by atoms with van der Waals surface area (Å²) in [5, 5.41) is 0.788. The minimum Gasteiger partial charge on any atom is -0.303 e. The molecule has 24 heavy (non-hydrogen) atoms. The summed E-state index contributed by atoms with van der Waals surface area (Å²) in [6.07, 6.45) is 3.98. The van der Waals surface area contributed by atoms with E-state index < -0.39 is 0 Å². The van der Waals surface area contributed by atoms with E-state index in [0.717, 1.165) is 10.9 Å². The second-order valence-corrected chi connectivity index (χ2v) is 7.78. The summed E-state index contributed by atoms with van der Waals surface area (Å²) >= 11 is 5.97. The zero-order valence-corrected chi connectivity index (χ0v) is 15.6. The fraction of sp³-hybridized carbons (Fsp3) is 0.455. The number of nitrogens with zero attached hydrogens (tertiary/aromatic N) is 1. The molecule has 0 N–H and O–H groups in total. The Morgan fingerprint density at radius 1 is 0.958 bits per heavy atom. The van der Waals surface area contributed by atoms with Crippen LogP contribution < -0.4 is 0 Å². The molecule has 2 aromatic carbocycles. The SMILES string of the molecule is CC1CCN(CCC(C)c2ccc(-c3ccc(Cl)cc3)cc2)CC1. The van der Waals surface area contributed by atoms with Gasteiger partial charge in [-0.15, -0.1) is 0 Å². The van der Waals surface area contributed by atoms with Gasteiger partial charge in [0.15, 0.2) is 0 Å². The van der Waals surface area contributed by atoms with Crippen molar-refractivity contribution in [2.45, 2.75) is 39.0 Å². The number of benzene rings is 2. The molecule has 1 heterocycles. The van der Waals surface area contributed by atoms with E-state index in [-0.39, 0.29) is 0 Å². The molecular weight excluding hydrogens is 314 g/mol. The summed E-state index contributed by atoms with van der Waals surface area (Å²) in [5.41, 5.74) is 3.92. The van der Waals surface area contributed by atoms with Crippen molar-refractivity contribution >= 4 is 11.6 Å². The number of piperidine rings is 1. The van der Waals surface area contributed by atoms with Crippen LogP contribution in [0.2, 0.25) is 5.02 Å². The summed E-state index contributed by atoms with van der Waals surface area (Å²) in [4.78, 5) is 2.64. The van der Waals surface area contributed by atoms with Crippen molar-refractivity contribution < 1.29 is 0 Å². The average molecular weight is 342 g/mol. The van der Waals surface area contributed by atoms with Gasteiger partial charge in [-0.2, -0.15) is 0 Å². The molecule has 1 atom stereocenters. The summed E-state index contributed by atoms with van der Waals surface area (Å²) in [6.45, 7) is 8.52. The van der Waals surface area contributed by atoms with Gasteiger partial charge in [-0.1, -0.05) is 61.8 Å². The van der Waals surface area contributed by atoms with Gasteiger partial charge in [0.2, 0.25) is 0 Å². The molecule has 1 aliphatic rings. The zero-order valence-electron chi connectivity index (χ0n) is 14.8. The molecule has 0 spiro atoms. The molecule has 2 aromatic rings. The van der Waals surface area contributed by atoms with Gasteiger partial charge >= 0.3 is 0 Å². The van der Waals surface area contributed by atoms with E-state index in [9.17, 15) is 0 Å². The van der Waals surface area contributed by atoms with Crippen LogP contribution in [0.5, 0.6) is 0 Å². The van der Waals surface area contributed by atoms with Gasteiger partial charge in [0.1, 0.15) is 0 Å². The van der Waals surface area contributed by atoms with Crippen molar-refractivity contribution in [3.05, 3.63) is 59.1 Å². The van der Waals surface area contributed by atoms with Crippen molar-refractivity contribution in [1.82, 2.24) is 4.90 Å². The highest BCUT2D eigenvalue weighted by Crippen LogP contribution is 2.26. The third-order valence-corrected chi connectivity index (χ3v) is 5.66. The minimum atomic E-state index is 0.614. The van der Waals surface area contributed by atoms with Gasteiger partial charge in [-0.25, -0.2) is 0 Å². The molecule has 1 unspecified atom stereocenters. The lowest BCUT2D eigenvalue weighted by Crippen LogP contribution is -2.34. The minimum absolute atomic E-state index is 0.614. The standard InChI is InChI=1S/C22H28ClN/c1-17-11-14-24(15-12-17)16-13-18(2)19-3-5-20(6-4-19)21-7-9-22(23)10-8-21/h3-10,17-18H,11-16H2,1-2H3. The molecule has 1 nitrogen and oxygen atoms in total. The van der Waals surface area contributed by atoms with Gasteiger partial charge < -0.3 is 4.90 Å². The van der Waals surface area contributed by atoms with Gasteiger partial charge in [0.25, 0.3) is 0 Å². The Bertz CT molecular complexity index is 624. The first-order chi connectivity index (χ1) is 11.6. The number of rotatable bonds is 5. The highest BCUT2D eigenvalue weighted by atomic mass is 35.5. The molecule has 128 valence electrons. The topological polar surface area (TPSA) is 3.24 Å². The maximum atomic E-state index is 5.97. The van der Waals surface area contributed by atoms with E-state index in [1.165, 1.54) is 55.6 Å². The molecule has 1 saturated heterocycles. The Labute approximate surface area is 151 Å². The van der Waals surface area contributed by atoms with Crippen LogP contribution >= 0.6 is 11.6 Å². The van der Waals surface area contributed by atoms with E-state index in [2.05, 4.69) is 55.1 Å². The van der Waals surface area contributed by atoms with Gasteiger partial charge in [-0.05, 0) is 79.6 Å². The van der Waals surface area contributed by atoms with Crippen molar-refractivity contribution in [3.8, 4) is 11.1 Å². The molecule has 0 radical (unpaired) electrons. The lowest BCUT2D eigenvalue weighted by molar-refractivity contribution is 0.187. The number of hydrogen-bond acceptors (Lipinski definition) is 1. The quantitative estimate of drug-likeness (QED) is 0.622. The Morgan fingerprint density at radius 2 is 1.50 bits per heavy atom. The first-order valence-electron chi connectivity index (χ1n) is 9.20. The van der Waals surface area contributed by atoms with Crippen LogP contribution in [-0.4, -0.2) is 24.5 Å². The van der Waals surface area contributed by atoms with E-state index in [1.807, 2.05) is 12.1 Å². The van der Waals surface area contributed by atoms with E-state index in [4.69, 9.17) is 11.6 Å². The Morgan fingerprint density at radius 3 is 2.08 bits per heavy atom. The van der Waals surface area contributed by atoms with E-state index >= 15 is 0 Å². The van der Waals surface area contributed by atoms with Crippen LogP contribution in [-0.2, 0) is 0 Å². The van der Waals surface area contributed by atoms with Crippen LogP contribution in [0.15, 0.2) is 48.5 Å². The number of likely N-dealkylation sites (tertiary alicyclic amines) is 1. The van der Waals surface area contributed by atoms with Crippen molar-refractivity contribution in [2.24, 2.45) is 5.92 Å². The Kier molecular flexibility index (Phi) is 5.97. The number of halogens is 1. The second-order valence-electron chi connectivity index (χ2n) is 7.34.